The fraction of sp³-hybridized carbons (Fsp3) is 0.667. The van der Waals surface area contributed by atoms with Crippen LogP contribution in [0.4, 0.5) is 0 Å². The molecule has 1 aromatic heterocycles. The van der Waals surface area contributed by atoms with Gasteiger partial charge in [-0.2, -0.15) is 4.31 Å². The molecule has 2 N–H and O–H groups in total. The van der Waals surface area contributed by atoms with Crippen molar-refractivity contribution in [3.05, 3.63) is 17.0 Å². The highest BCUT2D eigenvalue weighted by Gasteiger charge is 2.34. The SMILES string of the molecule is CC1(C)CCCN(S(=O)(=O)c2cc(CN)cs2)C1. The molecular formula is C12H20N2O2S2. The molecule has 6 heteroatoms. The van der Waals surface area contributed by atoms with Crippen molar-refractivity contribution in [2.75, 3.05) is 13.1 Å². The third kappa shape index (κ3) is 2.77. The predicted molar refractivity (Wildman–Crippen MR) is 74.0 cm³/mol. The third-order valence-corrected chi connectivity index (χ3v) is 6.63. The molecule has 2 heterocycles. The number of rotatable bonds is 3. The maximum atomic E-state index is 12.5. The fourth-order valence-electron chi connectivity index (χ4n) is 2.30. The van der Waals surface area contributed by atoms with E-state index in [9.17, 15) is 8.42 Å². The molecule has 1 fully saturated rings. The summed E-state index contributed by atoms with van der Waals surface area (Å²) in [5, 5.41) is 1.82. The van der Waals surface area contributed by atoms with Crippen LogP contribution in [0.15, 0.2) is 15.7 Å². The van der Waals surface area contributed by atoms with E-state index in [1.54, 1.807) is 10.4 Å². The Kier molecular flexibility index (Phi) is 3.82. The van der Waals surface area contributed by atoms with Crippen molar-refractivity contribution < 1.29 is 8.42 Å². The van der Waals surface area contributed by atoms with Crippen LogP contribution in [-0.4, -0.2) is 25.8 Å². The maximum absolute atomic E-state index is 12.5. The second-order valence-corrected chi connectivity index (χ2v) is 8.66. The molecule has 0 atom stereocenters. The Hall–Kier alpha value is -0.430. The van der Waals surface area contributed by atoms with E-state index in [1.807, 2.05) is 5.38 Å². The van der Waals surface area contributed by atoms with E-state index in [-0.39, 0.29) is 5.41 Å². The van der Waals surface area contributed by atoms with E-state index in [0.717, 1.165) is 18.4 Å². The van der Waals surface area contributed by atoms with E-state index >= 15 is 0 Å². The lowest BCUT2D eigenvalue weighted by atomic mass is 9.85. The van der Waals surface area contributed by atoms with Gasteiger partial charge in [0.15, 0.2) is 0 Å². The number of hydrogen-bond donors (Lipinski definition) is 1. The molecule has 4 nitrogen and oxygen atoms in total. The molecule has 1 aliphatic rings. The fourth-order valence-corrected chi connectivity index (χ4v) is 5.34. The van der Waals surface area contributed by atoms with Gasteiger partial charge in [-0.25, -0.2) is 8.42 Å². The Morgan fingerprint density at radius 1 is 1.50 bits per heavy atom. The average Bonchev–Trinajstić information content (AvgIpc) is 2.76. The van der Waals surface area contributed by atoms with Gasteiger partial charge in [0.05, 0.1) is 0 Å². The van der Waals surface area contributed by atoms with E-state index in [2.05, 4.69) is 13.8 Å². The smallest absolute Gasteiger partial charge is 0.252 e. The van der Waals surface area contributed by atoms with Gasteiger partial charge in [-0.05, 0) is 35.3 Å². The van der Waals surface area contributed by atoms with Gasteiger partial charge in [0.25, 0.3) is 10.0 Å². The molecule has 0 saturated carbocycles. The van der Waals surface area contributed by atoms with Crippen molar-refractivity contribution in [2.45, 2.75) is 37.4 Å². The van der Waals surface area contributed by atoms with Crippen LogP contribution >= 0.6 is 11.3 Å². The summed E-state index contributed by atoms with van der Waals surface area (Å²) >= 11 is 1.27. The molecule has 0 bridgehead atoms. The summed E-state index contributed by atoms with van der Waals surface area (Å²) in [5.41, 5.74) is 6.48. The molecule has 0 aliphatic carbocycles. The van der Waals surface area contributed by atoms with E-state index < -0.39 is 10.0 Å². The zero-order chi connectivity index (χ0) is 13.4. The standard InChI is InChI=1S/C12H20N2O2S2/c1-12(2)4-3-5-14(9-12)18(15,16)11-6-10(7-13)8-17-11/h6,8H,3-5,7,9,13H2,1-2H3. The Balaban J connectivity index is 2.25. The summed E-state index contributed by atoms with van der Waals surface area (Å²) in [6.07, 6.45) is 2.01. The summed E-state index contributed by atoms with van der Waals surface area (Å²) in [7, 11) is -3.33. The Labute approximate surface area is 113 Å². The summed E-state index contributed by atoms with van der Waals surface area (Å²) in [4.78, 5) is 0. The van der Waals surface area contributed by atoms with Gasteiger partial charge in [-0.3, -0.25) is 0 Å². The quantitative estimate of drug-likeness (QED) is 0.925. The molecule has 2 rings (SSSR count). The number of thiophene rings is 1. The first kappa shape index (κ1) is 14.0. The van der Waals surface area contributed by atoms with Crippen LogP contribution in [0.1, 0.15) is 32.3 Å². The normalized spacial score (nSPS) is 21.1. The van der Waals surface area contributed by atoms with Gasteiger partial charge < -0.3 is 5.73 Å². The van der Waals surface area contributed by atoms with Crippen LogP contribution in [0.5, 0.6) is 0 Å². The Bertz CT molecular complexity index is 520. The third-order valence-electron chi connectivity index (χ3n) is 3.33. The molecule has 0 radical (unpaired) electrons. The van der Waals surface area contributed by atoms with Crippen LogP contribution in [0, 0.1) is 5.41 Å². The summed E-state index contributed by atoms with van der Waals surface area (Å²) in [5.74, 6) is 0. The highest BCUT2D eigenvalue weighted by molar-refractivity contribution is 7.91. The Morgan fingerprint density at radius 3 is 2.78 bits per heavy atom. The van der Waals surface area contributed by atoms with E-state index in [1.165, 1.54) is 11.3 Å². The minimum Gasteiger partial charge on any atom is -0.326 e. The van der Waals surface area contributed by atoms with Crippen LogP contribution in [0.2, 0.25) is 0 Å². The summed E-state index contributed by atoms with van der Waals surface area (Å²) < 4.78 is 27.0. The van der Waals surface area contributed by atoms with Crippen molar-refractivity contribution in [2.24, 2.45) is 11.1 Å². The van der Waals surface area contributed by atoms with Gasteiger partial charge in [0.2, 0.25) is 0 Å². The topological polar surface area (TPSA) is 63.4 Å². The van der Waals surface area contributed by atoms with Crippen LogP contribution in [-0.2, 0) is 16.6 Å². The minimum absolute atomic E-state index is 0.0687. The summed E-state index contributed by atoms with van der Waals surface area (Å²) in [6, 6.07) is 1.70. The van der Waals surface area contributed by atoms with Gasteiger partial charge in [-0.1, -0.05) is 13.8 Å². The number of sulfonamides is 1. The first-order valence-electron chi connectivity index (χ1n) is 6.13. The second-order valence-electron chi connectivity index (χ2n) is 5.58. The van der Waals surface area contributed by atoms with Crippen LogP contribution in [0.3, 0.4) is 0 Å². The first-order valence-corrected chi connectivity index (χ1v) is 8.45. The van der Waals surface area contributed by atoms with Crippen LogP contribution < -0.4 is 5.73 Å². The van der Waals surface area contributed by atoms with Crippen molar-refractivity contribution in [3.8, 4) is 0 Å². The number of piperidine rings is 1. The lowest BCUT2D eigenvalue weighted by Gasteiger charge is -2.36. The molecule has 1 aromatic rings. The molecule has 0 unspecified atom stereocenters. The van der Waals surface area contributed by atoms with Gasteiger partial charge in [0, 0.05) is 19.6 Å². The van der Waals surface area contributed by atoms with Gasteiger partial charge >= 0.3 is 0 Å². The average molecular weight is 288 g/mol. The summed E-state index contributed by atoms with van der Waals surface area (Å²) in [6.45, 7) is 5.85. The van der Waals surface area contributed by atoms with Gasteiger partial charge in [0.1, 0.15) is 4.21 Å². The molecule has 1 aliphatic heterocycles. The highest BCUT2D eigenvalue weighted by Crippen LogP contribution is 2.33. The molecule has 0 aromatic carbocycles. The lowest BCUT2D eigenvalue weighted by Crippen LogP contribution is -2.43. The minimum atomic E-state index is -3.33. The van der Waals surface area contributed by atoms with Crippen molar-refractivity contribution in [1.82, 2.24) is 4.31 Å². The number of hydrogen-bond acceptors (Lipinski definition) is 4. The van der Waals surface area contributed by atoms with Crippen molar-refractivity contribution in [1.29, 1.82) is 0 Å². The monoisotopic (exact) mass is 288 g/mol. The maximum Gasteiger partial charge on any atom is 0.252 e. The van der Waals surface area contributed by atoms with E-state index in [4.69, 9.17) is 5.73 Å². The zero-order valence-corrected chi connectivity index (χ0v) is 12.5. The molecule has 18 heavy (non-hydrogen) atoms. The molecule has 0 spiro atoms. The number of nitrogens with zero attached hydrogens (tertiary/aromatic N) is 1. The highest BCUT2D eigenvalue weighted by atomic mass is 32.2. The molecule has 0 amide bonds. The zero-order valence-electron chi connectivity index (χ0n) is 10.8. The second kappa shape index (κ2) is 4.92. The predicted octanol–water partition coefficient (Wildman–Crippen LogP) is 2.02. The first-order chi connectivity index (χ1) is 8.35. The molecule has 102 valence electrons. The lowest BCUT2D eigenvalue weighted by molar-refractivity contribution is 0.187. The molecular weight excluding hydrogens is 268 g/mol. The van der Waals surface area contributed by atoms with Gasteiger partial charge in [-0.15, -0.1) is 11.3 Å². The largest absolute Gasteiger partial charge is 0.326 e. The Morgan fingerprint density at radius 2 is 2.22 bits per heavy atom. The molecule has 1 saturated heterocycles. The van der Waals surface area contributed by atoms with Crippen LogP contribution in [0.25, 0.3) is 0 Å². The van der Waals surface area contributed by atoms with Crippen molar-refractivity contribution in [3.63, 3.8) is 0 Å². The van der Waals surface area contributed by atoms with E-state index in [0.29, 0.717) is 23.8 Å². The number of nitrogens with two attached hydrogens (primary N) is 1. The van der Waals surface area contributed by atoms with Crippen molar-refractivity contribution >= 4 is 21.4 Å².